The van der Waals surface area contributed by atoms with Crippen LogP contribution in [0.5, 0.6) is 5.75 Å². The minimum atomic E-state index is -3.52. The first-order chi connectivity index (χ1) is 9.23. The number of hydrogen-bond acceptors (Lipinski definition) is 3. The summed E-state index contributed by atoms with van der Waals surface area (Å²) in [4.78, 5) is 0. The number of halogens is 2. The summed E-state index contributed by atoms with van der Waals surface area (Å²) < 4.78 is 28.1. The van der Waals surface area contributed by atoms with Crippen molar-refractivity contribution in [3.05, 3.63) is 28.8 Å². The van der Waals surface area contributed by atoms with Crippen molar-refractivity contribution >= 4 is 31.3 Å². The molecule has 1 aromatic rings. The van der Waals surface area contributed by atoms with E-state index in [0.29, 0.717) is 17.4 Å². The van der Waals surface area contributed by atoms with E-state index in [0.717, 1.165) is 12.0 Å². The van der Waals surface area contributed by atoms with E-state index in [1.807, 2.05) is 26.8 Å². The molecular formula is C14H20Cl2O3S. The minimum Gasteiger partial charge on any atom is -0.493 e. The van der Waals surface area contributed by atoms with Crippen LogP contribution in [0.15, 0.2) is 18.2 Å². The smallest absolute Gasteiger partial charge is 0.233 e. The second kappa shape index (κ2) is 7.53. The van der Waals surface area contributed by atoms with E-state index in [9.17, 15) is 8.42 Å². The predicted octanol–water partition coefficient (Wildman–Crippen LogP) is 4.12. The van der Waals surface area contributed by atoms with Crippen LogP contribution in [0.4, 0.5) is 0 Å². The molecule has 1 atom stereocenters. The molecular weight excluding hydrogens is 319 g/mol. The lowest BCUT2D eigenvalue weighted by Crippen LogP contribution is -2.24. The molecule has 0 aliphatic rings. The minimum absolute atomic E-state index is 0.0829. The van der Waals surface area contributed by atoms with Crippen LogP contribution in [-0.4, -0.2) is 20.8 Å². The van der Waals surface area contributed by atoms with E-state index in [4.69, 9.17) is 27.0 Å². The Morgan fingerprint density at radius 1 is 1.30 bits per heavy atom. The topological polar surface area (TPSA) is 43.4 Å². The zero-order chi connectivity index (χ0) is 15.3. The summed E-state index contributed by atoms with van der Waals surface area (Å²) in [5, 5.41) is 0.712. The third kappa shape index (κ3) is 5.90. The molecule has 0 aliphatic carbocycles. The summed E-state index contributed by atoms with van der Waals surface area (Å²) in [7, 11) is 1.80. The molecule has 0 fully saturated rings. The van der Waals surface area contributed by atoms with Crippen LogP contribution < -0.4 is 4.74 Å². The van der Waals surface area contributed by atoms with Gasteiger partial charge >= 0.3 is 0 Å². The Morgan fingerprint density at radius 2 is 1.95 bits per heavy atom. The number of benzene rings is 1. The van der Waals surface area contributed by atoms with Crippen molar-refractivity contribution in [1.29, 1.82) is 0 Å². The Balaban J connectivity index is 2.72. The highest BCUT2D eigenvalue weighted by atomic mass is 35.7. The van der Waals surface area contributed by atoms with Gasteiger partial charge in [0.1, 0.15) is 5.75 Å². The van der Waals surface area contributed by atoms with Crippen LogP contribution in [0.25, 0.3) is 0 Å². The van der Waals surface area contributed by atoms with Crippen LogP contribution in [0, 0.1) is 11.8 Å². The molecule has 0 radical (unpaired) electrons. The molecule has 0 saturated heterocycles. The van der Waals surface area contributed by atoms with E-state index in [1.165, 1.54) is 0 Å². The predicted molar refractivity (Wildman–Crippen MR) is 84.3 cm³/mol. The lowest BCUT2D eigenvalue weighted by atomic mass is 9.99. The highest BCUT2D eigenvalue weighted by Crippen LogP contribution is 2.24. The highest BCUT2D eigenvalue weighted by Gasteiger charge is 2.21. The van der Waals surface area contributed by atoms with Gasteiger partial charge in [0.05, 0.1) is 12.4 Å². The van der Waals surface area contributed by atoms with Crippen molar-refractivity contribution in [3.8, 4) is 5.75 Å². The Bertz CT molecular complexity index is 541. The Morgan fingerprint density at radius 3 is 2.45 bits per heavy atom. The summed E-state index contributed by atoms with van der Waals surface area (Å²) in [6, 6.07) is 5.46. The average Bonchev–Trinajstić information content (AvgIpc) is 2.34. The number of hydrogen-bond donors (Lipinski definition) is 0. The molecule has 20 heavy (non-hydrogen) atoms. The van der Waals surface area contributed by atoms with Crippen molar-refractivity contribution in [2.45, 2.75) is 27.2 Å². The largest absolute Gasteiger partial charge is 0.493 e. The van der Waals surface area contributed by atoms with Gasteiger partial charge in [-0.25, -0.2) is 8.42 Å². The molecule has 0 aliphatic heterocycles. The van der Waals surface area contributed by atoms with E-state index < -0.39 is 9.05 Å². The van der Waals surface area contributed by atoms with Crippen LogP contribution in [-0.2, 0) is 15.5 Å². The molecule has 3 nitrogen and oxygen atoms in total. The third-order valence-electron chi connectivity index (χ3n) is 3.22. The van der Waals surface area contributed by atoms with Gasteiger partial charge in [-0.2, -0.15) is 0 Å². The van der Waals surface area contributed by atoms with Gasteiger partial charge in [-0.3, -0.25) is 0 Å². The fraction of sp³-hybridized carbons (Fsp3) is 0.571. The number of rotatable bonds is 7. The fourth-order valence-electron chi connectivity index (χ4n) is 1.80. The second-order valence-corrected chi connectivity index (χ2v) is 8.36. The van der Waals surface area contributed by atoms with Gasteiger partial charge in [0.25, 0.3) is 0 Å². The molecule has 1 rings (SSSR count). The summed E-state index contributed by atoms with van der Waals surface area (Å²) in [5.41, 5.74) is 1.01. The molecule has 0 heterocycles. The van der Waals surface area contributed by atoms with E-state index >= 15 is 0 Å². The van der Waals surface area contributed by atoms with Crippen molar-refractivity contribution < 1.29 is 13.2 Å². The van der Waals surface area contributed by atoms with E-state index in [1.54, 1.807) is 12.1 Å². The second-order valence-electron chi connectivity index (χ2n) is 5.13. The summed E-state index contributed by atoms with van der Waals surface area (Å²) in [6.07, 6.45) is 0.819. The molecule has 114 valence electrons. The monoisotopic (exact) mass is 338 g/mol. The first kappa shape index (κ1) is 17.6. The SMILES string of the molecule is CCc1cc(OCC(CS(=O)(=O)Cl)C(C)C)ccc1Cl. The van der Waals surface area contributed by atoms with Crippen LogP contribution in [0.1, 0.15) is 26.3 Å². The molecule has 1 unspecified atom stereocenters. The van der Waals surface area contributed by atoms with Gasteiger partial charge in [0.15, 0.2) is 0 Å². The molecule has 0 spiro atoms. The fourth-order valence-corrected chi connectivity index (χ4v) is 3.53. The van der Waals surface area contributed by atoms with E-state index in [-0.39, 0.29) is 17.6 Å². The first-order valence-corrected chi connectivity index (χ1v) is 9.42. The molecule has 6 heteroatoms. The number of aryl methyl sites for hydroxylation is 1. The summed E-state index contributed by atoms with van der Waals surface area (Å²) in [5.74, 6) is 0.643. The maximum atomic E-state index is 11.2. The van der Waals surface area contributed by atoms with Crippen LogP contribution >= 0.6 is 22.3 Å². The first-order valence-electron chi connectivity index (χ1n) is 6.56. The van der Waals surface area contributed by atoms with Gasteiger partial charge < -0.3 is 4.74 Å². The molecule has 1 aromatic carbocycles. The Hall–Kier alpha value is -0.450. The Kier molecular flexibility index (Phi) is 6.62. The summed E-state index contributed by atoms with van der Waals surface area (Å²) in [6.45, 7) is 6.24. The molecule has 0 bridgehead atoms. The number of ether oxygens (including phenoxy) is 1. The Labute approximate surface area is 130 Å². The molecule has 0 aromatic heterocycles. The van der Waals surface area contributed by atoms with Crippen LogP contribution in [0.3, 0.4) is 0 Å². The maximum Gasteiger partial charge on any atom is 0.233 e. The highest BCUT2D eigenvalue weighted by molar-refractivity contribution is 8.13. The maximum absolute atomic E-state index is 11.2. The van der Waals surface area contributed by atoms with Crippen molar-refractivity contribution in [2.24, 2.45) is 11.8 Å². The quantitative estimate of drug-likeness (QED) is 0.702. The molecule has 0 amide bonds. The third-order valence-corrected chi connectivity index (χ3v) is 4.79. The van der Waals surface area contributed by atoms with Crippen molar-refractivity contribution in [1.82, 2.24) is 0 Å². The normalized spacial score (nSPS) is 13.5. The van der Waals surface area contributed by atoms with Gasteiger partial charge in [-0.15, -0.1) is 0 Å². The zero-order valence-electron chi connectivity index (χ0n) is 11.9. The van der Waals surface area contributed by atoms with Crippen molar-refractivity contribution in [3.63, 3.8) is 0 Å². The van der Waals surface area contributed by atoms with Gasteiger partial charge in [-0.1, -0.05) is 32.4 Å². The van der Waals surface area contributed by atoms with Gasteiger partial charge in [0, 0.05) is 21.6 Å². The average molecular weight is 339 g/mol. The zero-order valence-corrected chi connectivity index (χ0v) is 14.2. The molecule has 0 saturated carbocycles. The van der Waals surface area contributed by atoms with Gasteiger partial charge in [0.2, 0.25) is 9.05 Å². The van der Waals surface area contributed by atoms with Crippen LogP contribution in [0.2, 0.25) is 5.02 Å². The lowest BCUT2D eigenvalue weighted by Gasteiger charge is -2.20. The van der Waals surface area contributed by atoms with E-state index in [2.05, 4.69) is 0 Å². The van der Waals surface area contributed by atoms with Gasteiger partial charge in [-0.05, 0) is 36.1 Å². The summed E-state index contributed by atoms with van der Waals surface area (Å²) >= 11 is 6.04. The lowest BCUT2D eigenvalue weighted by molar-refractivity contribution is 0.225. The standard InChI is InChI=1S/C14H20Cl2O3S/c1-4-11-7-13(5-6-14(11)15)19-8-12(10(2)3)9-20(16,17)18/h5-7,10,12H,4,8-9H2,1-3H3. The van der Waals surface area contributed by atoms with Crippen molar-refractivity contribution in [2.75, 3.05) is 12.4 Å². The molecule has 0 N–H and O–H groups in total.